The summed E-state index contributed by atoms with van der Waals surface area (Å²) in [6.07, 6.45) is 6.02. The van der Waals surface area contributed by atoms with Crippen LogP contribution in [0.2, 0.25) is 0 Å². The molecule has 1 saturated heterocycles. The van der Waals surface area contributed by atoms with Gasteiger partial charge in [-0.05, 0) is 32.1 Å². The van der Waals surface area contributed by atoms with E-state index < -0.39 is 17.9 Å². The molecule has 18 heavy (non-hydrogen) atoms. The second-order valence-electron chi connectivity index (χ2n) is 4.37. The maximum Gasteiger partial charge on any atom is 0.335 e. The van der Waals surface area contributed by atoms with Crippen LogP contribution in [0.1, 0.15) is 39.0 Å². The van der Waals surface area contributed by atoms with Crippen LogP contribution in [0.3, 0.4) is 0 Å². The van der Waals surface area contributed by atoms with Gasteiger partial charge in [0.15, 0.2) is 0 Å². The average Bonchev–Trinajstić information content (AvgIpc) is 2.30. The van der Waals surface area contributed by atoms with E-state index in [0.29, 0.717) is 6.42 Å². The number of nitrogens with zero attached hydrogens (tertiary/aromatic N) is 1. The Hall–Kier alpha value is -0.650. The number of urea groups is 1. The number of allylic oxidation sites excluding steroid dienone is 2. The Kier molecular flexibility index (Phi) is 5.56. The van der Waals surface area contributed by atoms with Gasteiger partial charge >= 0.3 is 6.03 Å². The standard InChI is InChI=1S/C12H16N2O3.Na/c1-2-9-10(15)13-12(17)14(11(9)16)8-6-4-3-5-7-8;/h6,9H,2-5,7H2,1H3,(H,13,15,17);. The normalized spacial score (nSPS) is 24.3. The van der Waals surface area contributed by atoms with Crippen molar-refractivity contribution in [3.8, 4) is 0 Å². The van der Waals surface area contributed by atoms with Gasteiger partial charge < -0.3 is 0 Å². The number of imide groups is 2. The first-order chi connectivity index (χ1) is 8.15. The molecule has 4 amide bonds. The summed E-state index contributed by atoms with van der Waals surface area (Å²) in [5.41, 5.74) is 0.740. The van der Waals surface area contributed by atoms with E-state index in [2.05, 4.69) is 5.32 Å². The van der Waals surface area contributed by atoms with E-state index >= 15 is 0 Å². The summed E-state index contributed by atoms with van der Waals surface area (Å²) >= 11 is 0. The van der Waals surface area contributed by atoms with Gasteiger partial charge in [0.05, 0.1) is 0 Å². The van der Waals surface area contributed by atoms with Crippen LogP contribution >= 0.6 is 0 Å². The van der Waals surface area contributed by atoms with E-state index in [-0.39, 0.29) is 35.5 Å². The summed E-state index contributed by atoms with van der Waals surface area (Å²) in [7, 11) is 0. The molecule has 1 atom stereocenters. The van der Waals surface area contributed by atoms with Crippen molar-refractivity contribution in [1.29, 1.82) is 0 Å². The molecule has 1 fully saturated rings. The zero-order chi connectivity index (χ0) is 12.4. The van der Waals surface area contributed by atoms with Gasteiger partial charge in [-0.15, -0.1) is 0 Å². The van der Waals surface area contributed by atoms with Crippen LogP contribution in [0, 0.1) is 5.92 Å². The minimum absolute atomic E-state index is 0. The molecule has 0 aromatic rings. The van der Waals surface area contributed by atoms with E-state index in [0.717, 1.165) is 36.3 Å². The largest absolute Gasteiger partial charge is 0.335 e. The number of carbonyl (C=O) groups excluding carboxylic acids is 3. The Bertz CT molecular complexity index is 406. The van der Waals surface area contributed by atoms with E-state index in [1.807, 2.05) is 6.08 Å². The quantitative estimate of drug-likeness (QED) is 0.598. The van der Waals surface area contributed by atoms with Crippen LogP contribution in [0.15, 0.2) is 11.8 Å². The van der Waals surface area contributed by atoms with Gasteiger partial charge in [-0.25, -0.2) is 9.69 Å². The molecular formula is C12H16N2NaO3. The zero-order valence-corrected chi connectivity index (χ0v) is 12.9. The summed E-state index contributed by atoms with van der Waals surface area (Å²) in [5.74, 6) is -1.58. The number of nitrogens with one attached hydrogen (secondary N) is 1. The van der Waals surface area contributed by atoms with Crippen LogP contribution in [-0.2, 0) is 9.59 Å². The molecule has 1 N–H and O–H groups in total. The molecule has 1 unspecified atom stereocenters. The van der Waals surface area contributed by atoms with Crippen molar-refractivity contribution in [1.82, 2.24) is 10.2 Å². The van der Waals surface area contributed by atoms with Gasteiger partial charge in [-0.1, -0.05) is 13.0 Å². The molecule has 1 aliphatic heterocycles. The average molecular weight is 259 g/mol. The van der Waals surface area contributed by atoms with Crippen LogP contribution in [-0.4, -0.2) is 52.3 Å². The molecule has 0 saturated carbocycles. The molecule has 5 nitrogen and oxygen atoms in total. The van der Waals surface area contributed by atoms with Crippen molar-refractivity contribution in [3.63, 3.8) is 0 Å². The smallest absolute Gasteiger partial charge is 0.277 e. The predicted molar refractivity (Wildman–Crippen MR) is 66.5 cm³/mol. The van der Waals surface area contributed by atoms with Crippen molar-refractivity contribution < 1.29 is 14.4 Å². The van der Waals surface area contributed by atoms with Gasteiger partial charge in [0, 0.05) is 35.3 Å². The van der Waals surface area contributed by atoms with Gasteiger partial charge in [0.25, 0.3) is 0 Å². The molecule has 0 aromatic carbocycles. The topological polar surface area (TPSA) is 66.5 Å². The minimum Gasteiger partial charge on any atom is -0.277 e. The molecule has 0 aromatic heterocycles. The molecule has 0 spiro atoms. The molecule has 1 heterocycles. The minimum atomic E-state index is -0.726. The SMILES string of the molecule is CCC1C(=O)NC(=O)N(C2=CCCCC2)C1=O.[Na]. The molecule has 1 aliphatic carbocycles. The zero-order valence-electron chi connectivity index (χ0n) is 10.9. The third-order valence-electron chi connectivity index (χ3n) is 3.23. The van der Waals surface area contributed by atoms with Crippen LogP contribution in [0.4, 0.5) is 4.79 Å². The Morgan fingerprint density at radius 3 is 2.61 bits per heavy atom. The number of amides is 4. The third kappa shape index (κ3) is 2.84. The van der Waals surface area contributed by atoms with Gasteiger partial charge in [-0.3, -0.25) is 14.9 Å². The molecule has 2 aliphatic rings. The van der Waals surface area contributed by atoms with E-state index in [9.17, 15) is 14.4 Å². The Balaban J connectivity index is 0.00000162. The maximum atomic E-state index is 12.1. The van der Waals surface area contributed by atoms with Crippen molar-refractivity contribution in [2.45, 2.75) is 39.0 Å². The number of hydrogen-bond acceptors (Lipinski definition) is 3. The van der Waals surface area contributed by atoms with E-state index in [1.54, 1.807) is 6.92 Å². The maximum absolute atomic E-state index is 12.1. The van der Waals surface area contributed by atoms with Crippen LogP contribution < -0.4 is 5.32 Å². The molecule has 0 bridgehead atoms. The summed E-state index contributed by atoms with van der Waals surface area (Å²) in [6, 6.07) is -0.599. The fraction of sp³-hybridized carbons (Fsp3) is 0.583. The van der Waals surface area contributed by atoms with Crippen molar-refractivity contribution in [2.75, 3.05) is 0 Å². The number of hydrogen-bond donors (Lipinski definition) is 1. The first-order valence-electron chi connectivity index (χ1n) is 6.03. The monoisotopic (exact) mass is 259 g/mol. The Morgan fingerprint density at radius 1 is 1.33 bits per heavy atom. The van der Waals surface area contributed by atoms with Gasteiger partial charge in [0.1, 0.15) is 5.92 Å². The molecule has 93 valence electrons. The van der Waals surface area contributed by atoms with Crippen molar-refractivity contribution in [3.05, 3.63) is 11.8 Å². The molecular weight excluding hydrogens is 243 g/mol. The molecule has 2 rings (SSSR count). The fourth-order valence-electron chi connectivity index (χ4n) is 2.27. The Labute approximate surface area is 128 Å². The molecule has 6 heteroatoms. The Morgan fingerprint density at radius 2 is 2.06 bits per heavy atom. The van der Waals surface area contributed by atoms with Crippen LogP contribution in [0.25, 0.3) is 0 Å². The van der Waals surface area contributed by atoms with E-state index in [4.69, 9.17) is 0 Å². The number of rotatable bonds is 2. The van der Waals surface area contributed by atoms with E-state index in [1.165, 1.54) is 0 Å². The number of carbonyl (C=O) groups is 3. The third-order valence-corrected chi connectivity index (χ3v) is 3.23. The number of barbiturate groups is 1. The summed E-state index contributed by atoms with van der Waals surface area (Å²) in [5, 5.41) is 2.24. The van der Waals surface area contributed by atoms with Crippen LogP contribution in [0.5, 0.6) is 0 Å². The summed E-state index contributed by atoms with van der Waals surface area (Å²) < 4.78 is 0. The first-order valence-corrected chi connectivity index (χ1v) is 6.03. The fourth-order valence-corrected chi connectivity index (χ4v) is 2.27. The summed E-state index contributed by atoms with van der Waals surface area (Å²) in [6.45, 7) is 1.77. The summed E-state index contributed by atoms with van der Waals surface area (Å²) in [4.78, 5) is 36.4. The second-order valence-corrected chi connectivity index (χ2v) is 4.37. The van der Waals surface area contributed by atoms with Gasteiger partial charge in [0.2, 0.25) is 11.8 Å². The van der Waals surface area contributed by atoms with Crippen molar-refractivity contribution >= 4 is 47.4 Å². The van der Waals surface area contributed by atoms with Crippen molar-refractivity contribution in [2.24, 2.45) is 5.92 Å². The molecule has 1 radical (unpaired) electrons. The second kappa shape index (κ2) is 6.50. The van der Waals surface area contributed by atoms with Gasteiger partial charge in [-0.2, -0.15) is 0 Å². The first kappa shape index (κ1) is 15.4. The predicted octanol–water partition coefficient (Wildman–Crippen LogP) is 1.17.